The Morgan fingerprint density at radius 2 is 2.30 bits per heavy atom. The van der Waals surface area contributed by atoms with E-state index in [1.165, 1.54) is 19.3 Å². The second-order valence-corrected chi connectivity index (χ2v) is 3.22. The molecule has 1 heterocycles. The lowest BCUT2D eigenvalue weighted by Gasteiger charge is -2.35. The summed E-state index contributed by atoms with van der Waals surface area (Å²) in [7, 11) is 1.70. The molecular formula is C7H11BNO. The Labute approximate surface area is 61.8 Å². The molecule has 3 heteroatoms. The molecule has 0 unspecified atom stereocenters. The van der Waals surface area contributed by atoms with Gasteiger partial charge in [0.2, 0.25) is 0 Å². The first-order valence-electron chi connectivity index (χ1n) is 3.96. The molecule has 0 N–H and O–H groups in total. The summed E-state index contributed by atoms with van der Waals surface area (Å²) in [5, 5.41) is 0. The molecule has 1 radical (unpaired) electrons. The van der Waals surface area contributed by atoms with Crippen molar-refractivity contribution in [3.05, 3.63) is 0 Å². The highest BCUT2D eigenvalue weighted by molar-refractivity contribution is 6.64. The van der Waals surface area contributed by atoms with Gasteiger partial charge in [0.15, 0.2) is 0 Å². The third-order valence-electron chi connectivity index (χ3n) is 2.81. The predicted molar refractivity (Wildman–Crippen MR) is 40.3 cm³/mol. The van der Waals surface area contributed by atoms with E-state index in [0.29, 0.717) is 0 Å². The number of hydrogen-bond donors (Lipinski definition) is 0. The van der Waals surface area contributed by atoms with Crippen LogP contribution in [0.3, 0.4) is 0 Å². The van der Waals surface area contributed by atoms with Crippen LogP contribution in [-0.2, 0) is 4.79 Å². The fraction of sp³-hybridized carbons (Fsp3) is 0.857. The fourth-order valence-electron chi connectivity index (χ4n) is 2.07. The summed E-state index contributed by atoms with van der Waals surface area (Å²) in [5.74, 6) is 0.913. The minimum Gasteiger partial charge on any atom is -0.337 e. The first kappa shape index (κ1) is 6.41. The van der Waals surface area contributed by atoms with Gasteiger partial charge >= 0.3 is 0 Å². The van der Waals surface area contributed by atoms with Crippen molar-refractivity contribution in [1.82, 2.24) is 4.81 Å². The van der Waals surface area contributed by atoms with E-state index in [9.17, 15) is 4.79 Å². The van der Waals surface area contributed by atoms with Crippen molar-refractivity contribution in [3.63, 3.8) is 0 Å². The van der Waals surface area contributed by atoms with Crippen LogP contribution in [0.25, 0.3) is 0 Å². The molecule has 1 saturated carbocycles. The Morgan fingerprint density at radius 3 is 2.80 bits per heavy atom. The van der Waals surface area contributed by atoms with Gasteiger partial charge in [-0.15, -0.1) is 0 Å². The topological polar surface area (TPSA) is 20.3 Å². The Balaban J connectivity index is 1.92. The average Bonchev–Trinajstić information content (AvgIpc) is 2.08. The van der Waals surface area contributed by atoms with Crippen LogP contribution >= 0.6 is 0 Å². The van der Waals surface area contributed by atoms with Crippen LogP contribution < -0.4 is 0 Å². The maximum atomic E-state index is 10.1. The molecule has 0 aromatic heterocycles. The first-order valence-corrected chi connectivity index (χ1v) is 3.96. The summed E-state index contributed by atoms with van der Waals surface area (Å²) in [6.07, 6.45) is 4.89. The number of carbonyl (C=O) groups excluding carboxylic acids is 1. The summed E-state index contributed by atoms with van der Waals surface area (Å²) in [6, 6.07) is 0.727. The molecule has 10 heavy (non-hydrogen) atoms. The van der Waals surface area contributed by atoms with E-state index in [-0.39, 0.29) is 0 Å². The van der Waals surface area contributed by atoms with E-state index < -0.39 is 0 Å². The van der Waals surface area contributed by atoms with Gasteiger partial charge in [0, 0.05) is 6.04 Å². The van der Waals surface area contributed by atoms with Gasteiger partial charge in [-0.2, -0.15) is 0 Å². The molecule has 0 bridgehead atoms. The van der Waals surface area contributed by atoms with Crippen molar-refractivity contribution in [1.29, 1.82) is 0 Å². The van der Waals surface area contributed by atoms with Crippen molar-refractivity contribution in [2.75, 3.05) is 6.54 Å². The molecule has 2 aliphatic rings. The van der Waals surface area contributed by atoms with Gasteiger partial charge in [-0.3, -0.25) is 0 Å². The van der Waals surface area contributed by atoms with Gasteiger partial charge in [-0.05, 0) is 31.7 Å². The van der Waals surface area contributed by atoms with Gasteiger partial charge in [0.25, 0.3) is 7.41 Å². The second kappa shape index (κ2) is 2.38. The Morgan fingerprint density at radius 1 is 1.40 bits per heavy atom. The maximum absolute atomic E-state index is 10.1. The normalized spacial score (nSPS) is 38.4. The molecule has 0 amide bonds. The highest BCUT2D eigenvalue weighted by Gasteiger charge is 2.39. The van der Waals surface area contributed by atoms with Gasteiger partial charge < -0.3 is 9.61 Å². The van der Waals surface area contributed by atoms with E-state index in [1.54, 1.807) is 7.41 Å². The van der Waals surface area contributed by atoms with E-state index in [0.717, 1.165) is 24.7 Å². The SMILES string of the molecule is O=C[B]N1CC[C@H]2CC[C@H]21. The van der Waals surface area contributed by atoms with Crippen LogP contribution in [0.1, 0.15) is 19.3 Å². The number of carbonyl (C=O) groups is 1. The van der Waals surface area contributed by atoms with Crippen molar-refractivity contribution >= 4 is 13.6 Å². The molecule has 1 aliphatic carbocycles. The van der Waals surface area contributed by atoms with E-state index in [1.807, 2.05) is 0 Å². The number of fused-ring (bicyclic) bond motifs is 1. The van der Waals surface area contributed by atoms with Gasteiger partial charge in [-0.1, -0.05) is 0 Å². The third kappa shape index (κ3) is 0.805. The molecule has 0 spiro atoms. The van der Waals surface area contributed by atoms with Crippen molar-refractivity contribution in [2.45, 2.75) is 25.3 Å². The van der Waals surface area contributed by atoms with Gasteiger partial charge in [0.1, 0.15) is 0 Å². The molecule has 2 atom stereocenters. The summed E-state index contributed by atoms with van der Waals surface area (Å²) < 4.78 is 0. The summed E-state index contributed by atoms with van der Waals surface area (Å²) in [6.45, 7) is 1.11. The number of nitrogens with zero attached hydrogens (tertiary/aromatic N) is 1. The molecular weight excluding hydrogens is 125 g/mol. The quantitative estimate of drug-likeness (QED) is 0.401. The second-order valence-electron chi connectivity index (χ2n) is 3.22. The third-order valence-corrected chi connectivity index (χ3v) is 2.81. The number of hydrogen-bond acceptors (Lipinski definition) is 2. The van der Waals surface area contributed by atoms with Crippen LogP contribution in [-0.4, -0.2) is 31.0 Å². The Bertz CT molecular complexity index is 151. The monoisotopic (exact) mass is 136 g/mol. The van der Waals surface area contributed by atoms with Gasteiger partial charge in [0.05, 0.1) is 6.19 Å². The zero-order valence-corrected chi connectivity index (χ0v) is 5.99. The van der Waals surface area contributed by atoms with Crippen molar-refractivity contribution < 1.29 is 4.79 Å². The smallest absolute Gasteiger partial charge is 0.293 e. The van der Waals surface area contributed by atoms with Gasteiger partial charge in [-0.25, -0.2) is 0 Å². The van der Waals surface area contributed by atoms with Crippen LogP contribution in [0, 0.1) is 5.92 Å². The molecule has 0 aromatic rings. The lowest BCUT2D eigenvalue weighted by atomic mass is 9.78. The molecule has 1 saturated heterocycles. The molecule has 1 aliphatic heterocycles. The fourth-order valence-corrected chi connectivity index (χ4v) is 2.07. The zero-order valence-electron chi connectivity index (χ0n) is 5.99. The van der Waals surface area contributed by atoms with Crippen LogP contribution in [0.4, 0.5) is 0 Å². The van der Waals surface area contributed by atoms with E-state index >= 15 is 0 Å². The van der Waals surface area contributed by atoms with Crippen LogP contribution in [0.5, 0.6) is 0 Å². The van der Waals surface area contributed by atoms with E-state index in [4.69, 9.17) is 0 Å². The minimum atomic E-state index is 0.727. The van der Waals surface area contributed by atoms with Crippen LogP contribution in [0.2, 0.25) is 0 Å². The highest BCUT2D eigenvalue weighted by atomic mass is 16.1. The molecule has 2 rings (SSSR count). The number of rotatable bonds is 2. The molecule has 53 valence electrons. The average molecular weight is 136 g/mol. The highest BCUT2D eigenvalue weighted by Crippen LogP contribution is 2.39. The van der Waals surface area contributed by atoms with Crippen molar-refractivity contribution in [3.8, 4) is 0 Å². The zero-order chi connectivity index (χ0) is 6.97. The summed E-state index contributed by atoms with van der Waals surface area (Å²) in [5.41, 5.74) is 0. The molecule has 2 fully saturated rings. The Kier molecular flexibility index (Phi) is 1.53. The predicted octanol–water partition coefficient (Wildman–Crippen LogP) is 0.280. The largest absolute Gasteiger partial charge is 0.337 e. The summed E-state index contributed by atoms with van der Waals surface area (Å²) >= 11 is 0. The Hall–Kier alpha value is -0.305. The van der Waals surface area contributed by atoms with E-state index in [2.05, 4.69) is 4.81 Å². The molecule has 0 aromatic carbocycles. The minimum absolute atomic E-state index is 0.727. The standard InChI is InChI=1S/C7H11BNO/c10-5-8-9-4-3-6-1-2-7(6)9/h5-7H,1-4H2/t6-,7-/m1/s1. The van der Waals surface area contributed by atoms with Crippen LogP contribution in [0.15, 0.2) is 0 Å². The summed E-state index contributed by atoms with van der Waals surface area (Å²) in [4.78, 5) is 12.3. The maximum Gasteiger partial charge on any atom is 0.293 e. The first-order chi connectivity index (χ1) is 4.92. The van der Waals surface area contributed by atoms with Crippen molar-refractivity contribution in [2.24, 2.45) is 5.92 Å². The lowest BCUT2D eigenvalue weighted by Crippen LogP contribution is -2.41. The lowest BCUT2D eigenvalue weighted by molar-refractivity contribution is 0.214. The molecule has 2 nitrogen and oxygen atoms in total.